The highest BCUT2D eigenvalue weighted by Gasteiger charge is 2.26. The van der Waals surface area contributed by atoms with E-state index in [2.05, 4.69) is 22.6 Å². The SMILES string of the molecule is CNN=O.COc1cc(C(=O)NCCc2cc3c(c(-c4ccc(F)cc4)n2)OCC3C)cc2cn(C(F)F)nc12. The van der Waals surface area contributed by atoms with Gasteiger partial charge in [-0.1, -0.05) is 6.92 Å². The summed E-state index contributed by atoms with van der Waals surface area (Å²) in [6, 6.07) is 11.0. The van der Waals surface area contributed by atoms with Crippen LogP contribution in [0.4, 0.5) is 13.2 Å². The lowest BCUT2D eigenvalue weighted by Crippen LogP contribution is -2.26. The van der Waals surface area contributed by atoms with E-state index in [0.717, 1.165) is 16.8 Å². The molecule has 1 aliphatic heterocycles. The largest absolute Gasteiger partial charge is 0.494 e. The van der Waals surface area contributed by atoms with Crippen LogP contribution in [0.15, 0.2) is 53.9 Å². The maximum absolute atomic E-state index is 13.4. The number of methoxy groups -OCH3 is 1. The molecule has 5 rings (SSSR count). The average molecular weight is 557 g/mol. The Kier molecular flexibility index (Phi) is 8.82. The molecule has 4 aromatic rings. The van der Waals surface area contributed by atoms with Crippen molar-refractivity contribution in [2.45, 2.75) is 25.8 Å². The number of alkyl halides is 2. The summed E-state index contributed by atoms with van der Waals surface area (Å²) in [5.74, 6) is 0.405. The molecule has 2 aromatic heterocycles. The van der Waals surface area contributed by atoms with E-state index in [1.807, 2.05) is 11.5 Å². The number of carbonyl (C=O) groups is 1. The maximum atomic E-state index is 13.4. The molecule has 1 aliphatic rings. The third kappa shape index (κ3) is 6.14. The minimum absolute atomic E-state index is 0.184. The van der Waals surface area contributed by atoms with Gasteiger partial charge in [0.1, 0.15) is 28.5 Å². The molecule has 3 heterocycles. The lowest BCUT2D eigenvalue weighted by atomic mass is 9.99. The predicted molar refractivity (Wildman–Crippen MR) is 142 cm³/mol. The van der Waals surface area contributed by atoms with Crippen molar-refractivity contribution in [3.8, 4) is 22.8 Å². The third-order valence-corrected chi connectivity index (χ3v) is 6.21. The highest BCUT2D eigenvalue weighted by Crippen LogP contribution is 2.41. The number of carbonyl (C=O) groups excluding carboxylic acids is 1. The topological polar surface area (TPSA) is 120 Å². The maximum Gasteiger partial charge on any atom is 0.333 e. The van der Waals surface area contributed by atoms with E-state index in [4.69, 9.17) is 19.4 Å². The Morgan fingerprint density at radius 1 is 1.25 bits per heavy atom. The van der Waals surface area contributed by atoms with Crippen LogP contribution in [-0.2, 0) is 6.42 Å². The molecule has 40 heavy (non-hydrogen) atoms. The second-order valence-electron chi connectivity index (χ2n) is 8.92. The van der Waals surface area contributed by atoms with E-state index >= 15 is 0 Å². The average Bonchev–Trinajstić information content (AvgIpc) is 3.56. The first kappa shape index (κ1) is 28.3. The van der Waals surface area contributed by atoms with E-state index in [0.29, 0.717) is 41.1 Å². The van der Waals surface area contributed by atoms with Gasteiger partial charge < -0.3 is 14.8 Å². The standard InChI is InChI=1S/C26H23F3N4O3.CH4N2O/c1-14-13-36-24-20(14)11-19(31-23(24)15-3-5-18(27)6-4-15)7-8-30-25(34)16-9-17-12-33(26(28)29)32-22(17)21(10-16)35-2;1-2-3-4/h3-6,9-12,14,26H,7-8,13H2,1-2H3,(H,30,34);1H3,(H,2,4). The number of nitrogens with one attached hydrogen (secondary N) is 2. The van der Waals surface area contributed by atoms with E-state index in [1.54, 1.807) is 12.1 Å². The van der Waals surface area contributed by atoms with Gasteiger partial charge in [-0.2, -0.15) is 13.9 Å². The monoisotopic (exact) mass is 556 g/mol. The Balaban J connectivity index is 0.000000867. The lowest BCUT2D eigenvalue weighted by Gasteiger charge is -2.12. The van der Waals surface area contributed by atoms with E-state index < -0.39 is 6.55 Å². The zero-order chi connectivity index (χ0) is 28.8. The van der Waals surface area contributed by atoms with Gasteiger partial charge in [-0.05, 0) is 42.5 Å². The third-order valence-electron chi connectivity index (χ3n) is 6.21. The number of benzene rings is 2. The molecule has 0 bridgehead atoms. The second-order valence-corrected chi connectivity index (χ2v) is 8.92. The molecule has 2 N–H and O–H groups in total. The highest BCUT2D eigenvalue weighted by molar-refractivity contribution is 5.99. The van der Waals surface area contributed by atoms with Gasteiger partial charge in [-0.15, -0.1) is 4.91 Å². The quantitative estimate of drug-likeness (QED) is 0.232. The van der Waals surface area contributed by atoms with Gasteiger partial charge in [0.2, 0.25) is 0 Å². The first-order valence-electron chi connectivity index (χ1n) is 12.3. The summed E-state index contributed by atoms with van der Waals surface area (Å²) < 4.78 is 51.2. The number of halogens is 3. The van der Waals surface area contributed by atoms with Crippen LogP contribution in [0.2, 0.25) is 0 Å². The van der Waals surface area contributed by atoms with Gasteiger partial charge in [0, 0.05) is 65.2 Å². The van der Waals surface area contributed by atoms with Crippen molar-refractivity contribution in [3.63, 3.8) is 0 Å². The van der Waals surface area contributed by atoms with E-state index in [9.17, 15) is 18.0 Å². The van der Waals surface area contributed by atoms with Crippen molar-refractivity contribution in [2.75, 3.05) is 27.3 Å². The molecule has 1 atom stereocenters. The number of rotatable bonds is 8. The first-order chi connectivity index (χ1) is 19.2. The summed E-state index contributed by atoms with van der Waals surface area (Å²) >= 11 is 0. The first-order valence-corrected chi connectivity index (χ1v) is 12.3. The smallest absolute Gasteiger partial charge is 0.333 e. The molecule has 210 valence electrons. The van der Waals surface area contributed by atoms with Crippen molar-refractivity contribution in [2.24, 2.45) is 5.29 Å². The van der Waals surface area contributed by atoms with E-state index in [1.165, 1.54) is 44.6 Å². The lowest BCUT2D eigenvalue weighted by molar-refractivity contribution is 0.0573. The van der Waals surface area contributed by atoms with Crippen LogP contribution >= 0.6 is 0 Å². The number of nitrogens with zero attached hydrogens (tertiary/aromatic N) is 4. The van der Waals surface area contributed by atoms with Gasteiger partial charge in [-0.3, -0.25) is 10.2 Å². The van der Waals surface area contributed by atoms with E-state index in [-0.39, 0.29) is 34.5 Å². The van der Waals surface area contributed by atoms with Crippen LogP contribution in [0, 0.1) is 10.7 Å². The Morgan fingerprint density at radius 2 is 1.98 bits per heavy atom. The number of nitroso groups, excluding NO2 is 1. The summed E-state index contributed by atoms with van der Waals surface area (Å²) in [6.45, 7) is 0.0927. The van der Waals surface area contributed by atoms with Crippen LogP contribution in [0.3, 0.4) is 0 Å². The summed E-state index contributed by atoms with van der Waals surface area (Å²) in [6.07, 6.45) is 1.62. The fourth-order valence-corrected chi connectivity index (χ4v) is 4.27. The fourth-order valence-electron chi connectivity index (χ4n) is 4.27. The number of hydrogen-bond donors (Lipinski definition) is 2. The van der Waals surface area contributed by atoms with Gasteiger partial charge in [0.05, 0.1) is 13.7 Å². The second kappa shape index (κ2) is 12.5. The van der Waals surface area contributed by atoms with Crippen molar-refractivity contribution < 1.29 is 27.4 Å². The number of pyridine rings is 1. The highest BCUT2D eigenvalue weighted by atomic mass is 19.3. The van der Waals surface area contributed by atoms with Crippen LogP contribution in [0.1, 0.15) is 41.0 Å². The van der Waals surface area contributed by atoms with Crippen molar-refractivity contribution in [1.82, 2.24) is 25.5 Å². The minimum Gasteiger partial charge on any atom is -0.494 e. The Morgan fingerprint density at radius 3 is 2.62 bits per heavy atom. The zero-order valence-electron chi connectivity index (χ0n) is 22.0. The molecule has 0 fully saturated rings. The van der Waals surface area contributed by atoms with Gasteiger partial charge in [-0.25, -0.2) is 14.1 Å². The summed E-state index contributed by atoms with van der Waals surface area (Å²) in [5.41, 5.74) is 5.70. The molecular formula is C27H27F3N6O4. The molecule has 10 nitrogen and oxygen atoms in total. The molecule has 13 heteroatoms. The van der Waals surface area contributed by atoms with Gasteiger partial charge in [0.15, 0.2) is 0 Å². The molecule has 0 saturated heterocycles. The summed E-state index contributed by atoms with van der Waals surface area (Å²) in [7, 11) is 2.84. The number of amides is 1. The minimum atomic E-state index is -2.80. The number of ether oxygens (including phenoxy) is 2. The van der Waals surface area contributed by atoms with Gasteiger partial charge in [0.25, 0.3) is 5.91 Å². The molecular weight excluding hydrogens is 529 g/mol. The predicted octanol–water partition coefficient (Wildman–Crippen LogP) is 5.00. The Bertz CT molecular complexity index is 1510. The molecule has 0 radical (unpaired) electrons. The molecule has 1 amide bonds. The number of hydrogen-bond acceptors (Lipinski definition) is 7. The Labute approximate surface area is 227 Å². The summed E-state index contributed by atoms with van der Waals surface area (Å²) in [5, 5.41) is 9.29. The molecule has 1 unspecified atom stereocenters. The van der Waals surface area contributed by atoms with Gasteiger partial charge >= 0.3 is 6.55 Å². The molecule has 2 aromatic carbocycles. The molecule has 0 aliphatic carbocycles. The van der Waals surface area contributed by atoms with Crippen molar-refractivity contribution in [1.29, 1.82) is 0 Å². The fraction of sp³-hybridized carbons (Fsp3) is 0.296. The zero-order valence-corrected chi connectivity index (χ0v) is 22.0. The normalized spacial score (nSPS) is 13.7. The number of fused-ring (bicyclic) bond motifs is 2. The number of aromatic nitrogens is 3. The van der Waals surface area contributed by atoms with Crippen molar-refractivity contribution >= 4 is 16.8 Å². The summed E-state index contributed by atoms with van der Waals surface area (Å²) in [4.78, 5) is 26.4. The van der Waals surface area contributed by atoms with Crippen LogP contribution in [-0.4, -0.2) is 48.0 Å². The molecule has 0 spiro atoms. The molecule has 0 saturated carbocycles. The van der Waals surface area contributed by atoms with Crippen LogP contribution < -0.4 is 20.2 Å². The van der Waals surface area contributed by atoms with Crippen LogP contribution in [0.25, 0.3) is 22.2 Å². The van der Waals surface area contributed by atoms with Crippen LogP contribution in [0.5, 0.6) is 11.5 Å². The van der Waals surface area contributed by atoms with Crippen molar-refractivity contribution in [3.05, 3.63) is 76.2 Å². The Hall–Kier alpha value is -4.68.